The molecule has 2 aromatic rings. The Morgan fingerprint density at radius 2 is 0.867 bits per heavy atom. The van der Waals surface area contributed by atoms with Gasteiger partial charge in [-0.1, -0.05) is 60.7 Å². The summed E-state index contributed by atoms with van der Waals surface area (Å²) in [6, 6.07) is 15.3. The number of hydrogen-bond acceptors (Lipinski definition) is 8. The minimum Gasteiger partial charge on any atom is -0.392 e. The molecule has 4 aliphatic heterocycles. The second-order valence-electron chi connectivity index (χ2n) is 7.89. The standard InChI is InChI=1S/C22H16N2O6/c25-19-13-15(11-7-3-1-4-8-11)23-18-14(20(26)30-22(18)28)16(12-9-5-2-6-10-12)24(23)17(13)21(27)29-19/h1-10,13-18H/t13-,14+,15-,16-,17-,18-/m0/s1. The highest BCUT2D eigenvalue weighted by Gasteiger charge is 2.72. The van der Waals surface area contributed by atoms with Gasteiger partial charge in [0.1, 0.15) is 23.9 Å². The predicted molar refractivity (Wildman–Crippen MR) is 98.8 cm³/mol. The molecule has 0 saturated carbocycles. The van der Waals surface area contributed by atoms with Crippen molar-refractivity contribution in [3.05, 3.63) is 71.8 Å². The zero-order valence-corrected chi connectivity index (χ0v) is 15.6. The van der Waals surface area contributed by atoms with Gasteiger partial charge >= 0.3 is 23.9 Å². The molecule has 0 spiro atoms. The quantitative estimate of drug-likeness (QED) is 0.544. The summed E-state index contributed by atoms with van der Waals surface area (Å²) in [5.41, 5.74) is 1.53. The topological polar surface area (TPSA) is 93.2 Å². The Morgan fingerprint density at radius 3 is 1.23 bits per heavy atom. The van der Waals surface area contributed by atoms with E-state index in [1.54, 1.807) is 10.0 Å². The summed E-state index contributed by atoms with van der Waals surface area (Å²) in [5.74, 6) is -4.14. The van der Waals surface area contributed by atoms with Crippen molar-refractivity contribution in [2.45, 2.75) is 24.2 Å². The second kappa shape index (κ2) is 6.07. The molecule has 30 heavy (non-hydrogen) atoms. The van der Waals surface area contributed by atoms with Crippen LogP contribution in [0, 0.1) is 11.8 Å². The van der Waals surface area contributed by atoms with Crippen LogP contribution in [-0.4, -0.2) is 46.0 Å². The first-order valence-corrected chi connectivity index (χ1v) is 9.75. The van der Waals surface area contributed by atoms with Crippen molar-refractivity contribution in [3.63, 3.8) is 0 Å². The number of fused-ring (bicyclic) bond motifs is 5. The highest BCUT2D eigenvalue weighted by atomic mass is 16.6. The number of nitrogens with zero attached hydrogens (tertiary/aromatic N) is 2. The molecule has 150 valence electrons. The van der Waals surface area contributed by atoms with Crippen molar-refractivity contribution in [2.75, 3.05) is 0 Å². The van der Waals surface area contributed by atoms with Crippen molar-refractivity contribution in [1.82, 2.24) is 10.0 Å². The second-order valence-corrected chi connectivity index (χ2v) is 7.89. The van der Waals surface area contributed by atoms with E-state index in [0.29, 0.717) is 0 Å². The molecule has 8 heteroatoms. The summed E-state index contributed by atoms with van der Waals surface area (Å²) in [7, 11) is 0. The van der Waals surface area contributed by atoms with Crippen LogP contribution in [0.15, 0.2) is 60.7 Å². The molecule has 4 aliphatic rings. The molecular formula is C22H16N2O6. The number of esters is 4. The molecule has 0 radical (unpaired) electrons. The monoisotopic (exact) mass is 404 g/mol. The van der Waals surface area contributed by atoms with Crippen molar-refractivity contribution in [1.29, 1.82) is 0 Å². The summed E-state index contributed by atoms with van der Waals surface area (Å²) in [5, 5.41) is 3.44. The van der Waals surface area contributed by atoms with Gasteiger partial charge in [0, 0.05) is 0 Å². The van der Waals surface area contributed by atoms with Gasteiger partial charge in [0.05, 0.1) is 12.1 Å². The Hall–Kier alpha value is -3.36. The third-order valence-electron chi connectivity index (χ3n) is 6.48. The highest BCUT2D eigenvalue weighted by molar-refractivity contribution is 6.02. The Balaban J connectivity index is 1.58. The van der Waals surface area contributed by atoms with E-state index in [1.165, 1.54) is 0 Å². The van der Waals surface area contributed by atoms with Crippen molar-refractivity contribution in [2.24, 2.45) is 11.8 Å². The van der Waals surface area contributed by atoms with Crippen molar-refractivity contribution in [3.8, 4) is 0 Å². The van der Waals surface area contributed by atoms with E-state index in [-0.39, 0.29) is 0 Å². The van der Waals surface area contributed by atoms with Gasteiger partial charge in [-0.05, 0) is 11.1 Å². The first-order valence-electron chi connectivity index (χ1n) is 9.75. The van der Waals surface area contributed by atoms with Crippen LogP contribution in [0.3, 0.4) is 0 Å². The van der Waals surface area contributed by atoms with E-state index < -0.39 is 59.9 Å². The number of carbonyl (C=O) groups excluding carboxylic acids is 4. The zero-order chi connectivity index (χ0) is 20.6. The summed E-state index contributed by atoms with van der Waals surface area (Å²) >= 11 is 0. The number of benzene rings is 2. The molecule has 4 heterocycles. The Morgan fingerprint density at radius 1 is 0.500 bits per heavy atom. The van der Waals surface area contributed by atoms with Crippen LogP contribution < -0.4 is 0 Å². The lowest BCUT2D eigenvalue weighted by molar-refractivity contribution is -0.167. The Labute approximate surface area is 170 Å². The molecule has 0 aliphatic carbocycles. The number of hydrogen-bond donors (Lipinski definition) is 0. The van der Waals surface area contributed by atoms with Gasteiger partial charge in [-0.2, -0.15) is 0 Å². The van der Waals surface area contributed by atoms with E-state index in [9.17, 15) is 19.2 Å². The summed E-state index contributed by atoms with van der Waals surface area (Å²) in [6.07, 6.45) is 0. The predicted octanol–water partition coefficient (Wildman–Crippen LogP) is 1.15. The number of hydrazine groups is 1. The zero-order valence-electron chi connectivity index (χ0n) is 15.6. The van der Waals surface area contributed by atoms with E-state index >= 15 is 0 Å². The molecule has 0 bridgehead atoms. The van der Waals surface area contributed by atoms with E-state index in [1.807, 2.05) is 60.7 Å². The van der Waals surface area contributed by atoms with Crippen LogP contribution in [0.5, 0.6) is 0 Å². The summed E-state index contributed by atoms with van der Waals surface area (Å²) in [4.78, 5) is 50.8. The summed E-state index contributed by atoms with van der Waals surface area (Å²) in [6.45, 7) is 0. The van der Waals surface area contributed by atoms with Gasteiger partial charge in [-0.3, -0.25) is 9.59 Å². The van der Waals surface area contributed by atoms with Gasteiger partial charge in [-0.15, -0.1) is 0 Å². The third-order valence-corrected chi connectivity index (χ3v) is 6.48. The van der Waals surface area contributed by atoms with Crippen molar-refractivity contribution >= 4 is 23.9 Å². The molecule has 4 saturated heterocycles. The number of ether oxygens (including phenoxy) is 2. The SMILES string of the molecule is O=C1OC(=O)[C@@H]2[C@@H]1[C@H](c1ccccc1)N1[C@@H]3C(=O)OC(=O)[C@@H]3[C@H](c3ccccc3)N21. The van der Waals surface area contributed by atoms with Crippen LogP contribution in [0.1, 0.15) is 23.2 Å². The van der Waals surface area contributed by atoms with Gasteiger partial charge in [-0.25, -0.2) is 19.6 Å². The fourth-order valence-corrected chi connectivity index (χ4v) is 5.42. The largest absolute Gasteiger partial charge is 0.392 e. The fraction of sp³-hybridized carbons (Fsp3) is 0.273. The number of cyclic esters (lactones) is 4. The third kappa shape index (κ3) is 2.12. The van der Waals surface area contributed by atoms with Crippen LogP contribution in [-0.2, 0) is 28.7 Å². The molecule has 0 aromatic heterocycles. The molecule has 8 nitrogen and oxygen atoms in total. The maximum absolute atomic E-state index is 12.7. The average molecular weight is 404 g/mol. The number of carbonyl (C=O) groups is 4. The van der Waals surface area contributed by atoms with Crippen molar-refractivity contribution < 1.29 is 28.7 Å². The van der Waals surface area contributed by atoms with Crippen LogP contribution >= 0.6 is 0 Å². The van der Waals surface area contributed by atoms with Gasteiger partial charge in [0.25, 0.3) is 0 Å². The molecule has 0 amide bonds. The Bertz CT molecular complexity index is 1000. The van der Waals surface area contributed by atoms with E-state index in [0.717, 1.165) is 11.1 Å². The van der Waals surface area contributed by atoms with Crippen LogP contribution in [0.25, 0.3) is 0 Å². The molecule has 2 aromatic carbocycles. The van der Waals surface area contributed by atoms with Crippen LogP contribution in [0.4, 0.5) is 0 Å². The van der Waals surface area contributed by atoms with Gasteiger partial charge in [0.2, 0.25) is 0 Å². The molecule has 6 rings (SSSR count). The lowest BCUT2D eigenvalue weighted by Crippen LogP contribution is -2.45. The highest BCUT2D eigenvalue weighted by Crippen LogP contribution is 2.58. The minimum atomic E-state index is -0.904. The Kier molecular flexibility index (Phi) is 3.54. The average Bonchev–Trinajstić information content (AvgIpc) is 3.43. The maximum Gasteiger partial charge on any atom is 0.333 e. The normalized spacial score (nSPS) is 35.2. The lowest BCUT2D eigenvalue weighted by Gasteiger charge is -2.33. The molecular weight excluding hydrogens is 388 g/mol. The molecule has 0 unspecified atom stereocenters. The molecule has 6 atom stereocenters. The smallest absolute Gasteiger partial charge is 0.333 e. The first-order chi connectivity index (χ1) is 14.6. The molecule has 4 fully saturated rings. The summed E-state index contributed by atoms with van der Waals surface area (Å²) < 4.78 is 10.0. The van der Waals surface area contributed by atoms with Gasteiger partial charge < -0.3 is 9.47 Å². The van der Waals surface area contributed by atoms with Gasteiger partial charge in [0.15, 0.2) is 0 Å². The fourth-order valence-electron chi connectivity index (χ4n) is 5.42. The van der Waals surface area contributed by atoms with Crippen LogP contribution in [0.2, 0.25) is 0 Å². The maximum atomic E-state index is 12.7. The number of rotatable bonds is 2. The minimum absolute atomic E-state index is 0.616. The lowest BCUT2D eigenvalue weighted by atomic mass is 9.84. The van der Waals surface area contributed by atoms with E-state index in [4.69, 9.17) is 9.47 Å². The van der Waals surface area contributed by atoms with E-state index in [2.05, 4.69) is 0 Å². The first kappa shape index (κ1) is 17.5. The molecule has 0 N–H and O–H groups in total.